The smallest absolute Gasteiger partial charge is 0.276 e. The topological polar surface area (TPSA) is 78.8 Å². The number of aryl methyl sites for hydroxylation is 1. The van der Waals surface area contributed by atoms with E-state index in [9.17, 15) is 13.5 Å². The minimum atomic E-state index is -3.73. The van der Waals surface area contributed by atoms with Gasteiger partial charge in [-0.2, -0.15) is 13.5 Å². The second kappa shape index (κ2) is 6.33. The van der Waals surface area contributed by atoms with Gasteiger partial charge >= 0.3 is 0 Å². The van der Waals surface area contributed by atoms with E-state index >= 15 is 0 Å². The van der Waals surface area contributed by atoms with Crippen molar-refractivity contribution in [1.29, 1.82) is 0 Å². The monoisotopic (exact) mass is 340 g/mol. The van der Waals surface area contributed by atoms with Crippen LogP contribution in [0.15, 0.2) is 70.7 Å². The number of hydrogen-bond donors (Lipinski definition) is 2. The van der Waals surface area contributed by atoms with Crippen LogP contribution in [0.5, 0.6) is 5.75 Å². The number of nitrogens with zero attached hydrogens (tertiary/aromatic N) is 1. The lowest BCUT2D eigenvalue weighted by atomic mass is 10.1. The maximum absolute atomic E-state index is 12.1. The number of rotatable bonds is 4. The SMILES string of the molecule is Cc1ccc(S(=O)(=O)NN=Cc2ccc3ccccc3c2O)cc1. The molecule has 0 radical (unpaired) electrons. The molecule has 0 aliphatic heterocycles. The summed E-state index contributed by atoms with van der Waals surface area (Å²) in [6, 6.07) is 17.4. The summed E-state index contributed by atoms with van der Waals surface area (Å²) in [6.07, 6.45) is 1.29. The third-order valence-corrected chi connectivity index (χ3v) is 4.88. The first-order valence-corrected chi connectivity index (χ1v) is 8.78. The highest BCUT2D eigenvalue weighted by Crippen LogP contribution is 2.27. The van der Waals surface area contributed by atoms with Crippen molar-refractivity contribution >= 4 is 27.0 Å². The molecule has 0 atom stereocenters. The molecule has 2 N–H and O–H groups in total. The Balaban J connectivity index is 1.84. The number of aromatic hydroxyl groups is 1. The number of hydrazone groups is 1. The zero-order chi connectivity index (χ0) is 17.2. The predicted octanol–water partition coefficient (Wildman–Crippen LogP) is 3.17. The molecule has 122 valence electrons. The Labute approximate surface area is 140 Å². The van der Waals surface area contributed by atoms with Crippen LogP contribution in [0.3, 0.4) is 0 Å². The van der Waals surface area contributed by atoms with Gasteiger partial charge in [0.25, 0.3) is 10.0 Å². The molecular formula is C18H16N2O3S. The largest absolute Gasteiger partial charge is 0.507 e. The highest BCUT2D eigenvalue weighted by atomic mass is 32.2. The number of benzene rings is 3. The maximum Gasteiger partial charge on any atom is 0.276 e. The van der Waals surface area contributed by atoms with Crippen LogP contribution in [0.25, 0.3) is 10.8 Å². The fourth-order valence-corrected chi connectivity index (χ4v) is 3.10. The van der Waals surface area contributed by atoms with Gasteiger partial charge < -0.3 is 5.11 Å². The minimum Gasteiger partial charge on any atom is -0.507 e. The molecule has 3 aromatic carbocycles. The molecule has 0 saturated heterocycles. The average Bonchev–Trinajstić information content (AvgIpc) is 2.57. The van der Waals surface area contributed by atoms with Gasteiger partial charge in [0.1, 0.15) is 5.75 Å². The minimum absolute atomic E-state index is 0.0615. The number of phenols is 1. The fraction of sp³-hybridized carbons (Fsp3) is 0.0556. The Hall–Kier alpha value is -2.86. The molecule has 0 heterocycles. The van der Waals surface area contributed by atoms with Crippen LogP contribution in [-0.4, -0.2) is 19.7 Å². The molecule has 0 fully saturated rings. The van der Waals surface area contributed by atoms with Gasteiger partial charge in [0.2, 0.25) is 0 Å². The van der Waals surface area contributed by atoms with E-state index in [1.807, 2.05) is 31.2 Å². The molecule has 0 unspecified atom stereocenters. The molecule has 6 heteroatoms. The second-order valence-electron chi connectivity index (χ2n) is 5.39. The average molecular weight is 340 g/mol. The first-order valence-electron chi connectivity index (χ1n) is 7.30. The number of fused-ring (bicyclic) bond motifs is 1. The first-order chi connectivity index (χ1) is 11.5. The van der Waals surface area contributed by atoms with Crippen molar-refractivity contribution in [2.75, 3.05) is 0 Å². The number of nitrogens with one attached hydrogen (secondary N) is 1. The number of phenolic OH excluding ortho intramolecular Hbond substituents is 1. The molecule has 0 aromatic heterocycles. The molecule has 0 bridgehead atoms. The molecule has 5 nitrogen and oxygen atoms in total. The summed E-state index contributed by atoms with van der Waals surface area (Å²) in [5.74, 6) is 0.0615. The Morgan fingerprint density at radius 3 is 2.46 bits per heavy atom. The van der Waals surface area contributed by atoms with E-state index in [4.69, 9.17) is 0 Å². The van der Waals surface area contributed by atoms with E-state index in [1.54, 1.807) is 24.3 Å². The Bertz CT molecular complexity index is 1010. The van der Waals surface area contributed by atoms with E-state index in [0.29, 0.717) is 10.9 Å². The lowest BCUT2D eigenvalue weighted by molar-refractivity contribution is 0.481. The molecule has 3 aromatic rings. The van der Waals surface area contributed by atoms with Gasteiger partial charge in [0.15, 0.2) is 0 Å². The lowest BCUT2D eigenvalue weighted by Gasteiger charge is -2.05. The van der Waals surface area contributed by atoms with Gasteiger partial charge in [-0.1, -0.05) is 48.0 Å². The van der Waals surface area contributed by atoms with E-state index in [2.05, 4.69) is 9.93 Å². The number of sulfonamides is 1. The van der Waals surface area contributed by atoms with E-state index < -0.39 is 10.0 Å². The van der Waals surface area contributed by atoms with Gasteiger partial charge in [-0.3, -0.25) is 0 Å². The molecule has 0 amide bonds. The van der Waals surface area contributed by atoms with Crippen molar-refractivity contribution in [2.24, 2.45) is 5.10 Å². The summed E-state index contributed by atoms with van der Waals surface area (Å²) in [7, 11) is -3.73. The zero-order valence-corrected chi connectivity index (χ0v) is 13.8. The van der Waals surface area contributed by atoms with E-state index in [0.717, 1.165) is 10.9 Å². The van der Waals surface area contributed by atoms with Gasteiger partial charge in [-0.15, -0.1) is 0 Å². The molecule has 0 saturated carbocycles. The molecule has 24 heavy (non-hydrogen) atoms. The third kappa shape index (κ3) is 3.23. The van der Waals surface area contributed by atoms with Crippen molar-refractivity contribution in [3.8, 4) is 5.75 Å². The van der Waals surface area contributed by atoms with Crippen LogP contribution in [0.1, 0.15) is 11.1 Å². The van der Waals surface area contributed by atoms with Gasteiger partial charge in [-0.05, 0) is 30.5 Å². The van der Waals surface area contributed by atoms with Crippen LogP contribution in [-0.2, 0) is 10.0 Å². The Morgan fingerprint density at radius 2 is 1.71 bits per heavy atom. The van der Waals surface area contributed by atoms with Crippen molar-refractivity contribution in [1.82, 2.24) is 4.83 Å². The molecular weight excluding hydrogens is 324 g/mol. The van der Waals surface area contributed by atoms with E-state index in [-0.39, 0.29) is 10.6 Å². The summed E-state index contributed by atoms with van der Waals surface area (Å²) < 4.78 is 24.3. The molecule has 0 spiro atoms. The van der Waals surface area contributed by atoms with Crippen LogP contribution in [0.2, 0.25) is 0 Å². The Morgan fingerprint density at radius 1 is 1.00 bits per heavy atom. The normalized spacial score (nSPS) is 11.9. The Kier molecular flexibility index (Phi) is 4.22. The lowest BCUT2D eigenvalue weighted by Crippen LogP contribution is -2.18. The molecule has 0 aliphatic rings. The zero-order valence-electron chi connectivity index (χ0n) is 13.0. The summed E-state index contributed by atoms with van der Waals surface area (Å²) in [4.78, 5) is 2.28. The van der Waals surface area contributed by atoms with Crippen LogP contribution >= 0.6 is 0 Å². The first kappa shape index (κ1) is 16.0. The standard InChI is InChI=1S/C18H16N2O3S/c1-13-6-10-16(11-7-13)24(22,23)20-19-12-15-9-8-14-4-2-3-5-17(14)18(15)21/h2-12,20-21H,1H3. The van der Waals surface area contributed by atoms with Gasteiger partial charge in [0.05, 0.1) is 11.1 Å². The predicted molar refractivity (Wildman–Crippen MR) is 94.7 cm³/mol. The van der Waals surface area contributed by atoms with Crippen molar-refractivity contribution in [3.05, 3.63) is 71.8 Å². The van der Waals surface area contributed by atoms with Crippen molar-refractivity contribution in [3.63, 3.8) is 0 Å². The number of hydrogen-bond acceptors (Lipinski definition) is 4. The summed E-state index contributed by atoms with van der Waals surface area (Å²) in [5, 5.41) is 15.6. The van der Waals surface area contributed by atoms with E-state index in [1.165, 1.54) is 18.3 Å². The maximum atomic E-state index is 12.1. The van der Waals surface area contributed by atoms with Crippen LogP contribution in [0.4, 0.5) is 0 Å². The van der Waals surface area contributed by atoms with Crippen molar-refractivity contribution < 1.29 is 13.5 Å². The quantitative estimate of drug-likeness (QED) is 0.565. The van der Waals surface area contributed by atoms with Gasteiger partial charge in [0, 0.05) is 10.9 Å². The molecule has 3 rings (SSSR count). The van der Waals surface area contributed by atoms with Gasteiger partial charge in [-0.25, -0.2) is 4.83 Å². The van der Waals surface area contributed by atoms with Crippen LogP contribution in [0, 0.1) is 6.92 Å². The fourth-order valence-electron chi connectivity index (χ4n) is 2.31. The second-order valence-corrected chi connectivity index (χ2v) is 7.05. The van der Waals surface area contributed by atoms with Crippen LogP contribution < -0.4 is 4.83 Å². The highest BCUT2D eigenvalue weighted by molar-refractivity contribution is 7.89. The summed E-state index contributed by atoms with van der Waals surface area (Å²) >= 11 is 0. The molecule has 0 aliphatic carbocycles. The summed E-state index contributed by atoms with van der Waals surface area (Å²) in [6.45, 7) is 1.88. The summed E-state index contributed by atoms with van der Waals surface area (Å²) in [5.41, 5.74) is 1.40. The third-order valence-electron chi connectivity index (χ3n) is 3.64. The van der Waals surface area contributed by atoms with Crippen molar-refractivity contribution in [2.45, 2.75) is 11.8 Å². The highest BCUT2D eigenvalue weighted by Gasteiger charge is 2.12.